The minimum atomic E-state index is 1.02. The topological polar surface area (TPSA) is 25.2 Å². The van der Waals surface area contributed by atoms with E-state index < -0.39 is 0 Å². The third-order valence-corrected chi connectivity index (χ3v) is 1.92. The maximum atomic E-state index is 4.24. The molecule has 0 aliphatic carbocycles. The van der Waals surface area contributed by atoms with E-state index in [4.69, 9.17) is 0 Å². The van der Waals surface area contributed by atoms with Crippen LogP contribution in [0.2, 0.25) is 0 Å². The lowest BCUT2D eigenvalue weighted by Crippen LogP contribution is -1.84. The molecule has 0 atom stereocenters. The van der Waals surface area contributed by atoms with Crippen molar-refractivity contribution in [1.29, 1.82) is 0 Å². The molecule has 0 saturated carbocycles. The molecule has 0 aliphatic rings. The van der Waals surface area contributed by atoms with Gasteiger partial charge in [0, 0.05) is 18.1 Å². The third kappa shape index (κ3) is 2.66. The van der Waals surface area contributed by atoms with Crippen molar-refractivity contribution in [2.75, 3.05) is 0 Å². The first-order valence-corrected chi connectivity index (χ1v) is 4.49. The average Bonchev–Trinajstić information content (AvgIpc) is 2.21. The molecular weight excluding hydrogens is 172 g/mol. The number of aromatic nitrogens is 1. The molecule has 0 N–H and O–H groups in total. The largest absolute Gasteiger partial charge is 0.272 e. The summed E-state index contributed by atoms with van der Waals surface area (Å²) in [5, 5.41) is 0. The Labute approximate surface area is 84.7 Å². The summed E-state index contributed by atoms with van der Waals surface area (Å²) in [6.07, 6.45) is 7.47. The highest BCUT2D eigenvalue weighted by molar-refractivity contribution is 5.73. The smallest absolute Gasteiger partial charge is 0.0373 e. The van der Waals surface area contributed by atoms with E-state index in [-0.39, 0.29) is 0 Å². The fraction of sp³-hybridized carbons (Fsp3) is 0.167. The van der Waals surface area contributed by atoms with Crippen LogP contribution in [-0.4, -0.2) is 11.7 Å². The van der Waals surface area contributed by atoms with Crippen LogP contribution in [-0.2, 0) is 0 Å². The molecule has 0 bridgehead atoms. The van der Waals surface area contributed by atoms with Gasteiger partial charge in [0.2, 0.25) is 0 Å². The molecule has 1 rings (SSSR count). The zero-order valence-corrected chi connectivity index (χ0v) is 8.57. The van der Waals surface area contributed by atoms with Gasteiger partial charge in [0.1, 0.15) is 0 Å². The molecule has 0 amide bonds. The van der Waals surface area contributed by atoms with Gasteiger partial charge in [-0.3, -0.25) is 9.98 Å². The molecule has 0 aliphatic heterocycles. The fourth-order valence-electron chi connectivity index (χ4n) is 1.13. The first-order valence-electron chi connectivity index (χ1n) is 4.49. The summed E-state index contributed by atoms with van der Waals surface area (Å²) < 4.78 is 0. The van der Waals surface area contributed by atoms with Crippen LogP contribution in [0.5, 0.6) is 0 Å². The summed E-state index contributed by atoms with van der Waals surface area (Å²) in [6.45, 7) is 7.36. The van der Waals surface area contributed by atoms with Gasteiger partial charge in [-0.05, 0) is 43.8 Å². The summed E-state index contributed by atoms with van der Waals surface area (Å²) in [5.74, 6) is 0. The lowest BCUT2D eigenvalue weighted by atomic mass is 10.1. The summed E-state index contributed by atoms with van der Waals surface area (Å²) in [7, 11) is 0. The molecule has 14 heavy (non-hydrogen) atoms. The number of rotatable bonds is 3. The lowest BCUT2D eigenvalue weighted by Gasteiger charge is -2.00. The molecule has 1 aromatic heterocycles. The lowest BCUT2D eigenvalue weighted by molar-refractivity contribution is 1.19. The van der Waals surface area contributed by atoms with Crippen molar-refractivity contribution in [3.63, 3.8) is 0 Å². The highest BCUT2D eigenvalue weighted by Gasteiger charge is 1.95. The van der Waals surface area contributed by atoms with E-state index in [2.05, 4.69) is 16.7 Å². The molecule has 0 fully saturated rings. The Morgan fingerprint density at radius 3 is 2.79 bits per heavy atom. The Hall–Kier alpha value is -1.70. The number of nitrogens with zero attached hydrogens (tertiary/aromatic N) is 2. The number of hydrogen-bond donors (Lipinski definition) is 0. The van der Waals surface area contributed by atoms with Crippen molar-refractivity contribution in [3.05, 3.63) is 47.9 Å². The van der Waals surface area contributed by atoms with Gasteiger partial charge >= 0.3 is 0 Å². The quantitative estimate of drug-likeness (QED) is 0.526. The molecule has 72 valence electrons. The zero-order chi connectivity index (χ0) is 10.4. The standard InChI is InChI=1S/C12H14N2/c1-4-11(7-8-13-3)12-6-5-10(2)14-9-12/h4-9H,3H2,1-2H3/b8-7-,11-4+. The number of allylic oxidation sites excluding steroid dienone is 3. The number of pyridine rings is 1. The summed E-state index contributed by atoms with van der Waals surface area (Å²) in [4.78, 5) is 7.91. The fourth-order valence-corrected chi connectivity index (χ4v) is 1.13. The molecular formula is C12H14N2. The van der Waals surface area contributed by atoms with E-state index in [1.54, 1.807) is 6.20 Å². The summed E-state index contributed by atoms with van der Waals surface area (Å²) >= 11 is 0. The van der Waals surface area contributed by atoms with Crippen molar-refractivity contribution < 1.29 is 0 Å². The van der Waals surface area contributed by atoms with Crippen molar-refractivity contribution in [1.82, 2.24) is 4.98 Å². The molecule has 0 aromatic carbocycles. The van der Waals surface area contributed by atoms with Gasteiger partial charge in [-0.25, -0.2) is 0 Å². The molecule has 2 heteroatoms. The SMILES string of the molecule is C=N/C=C\C(=C/C)c1ccc(C)nc1. The Morgan fingerprint density at radius 2 is 2.29 bits per heavy atom. The van der Waals surface area contributed by atoms with Crippen molar-refractivity contribution in [2.45, 2.75) is 13.8 Å². The highest BCUT2D eigenvalue weighted by atomic mass is 14.7. The van der Waals surface area contributed by atoms with Gasteiger partial charge in [0.25, 0.3) is 0 Å². The second-order valence-electron chi connectivity index (χ2n) is 2.93. The molecule has 2 nitrogen and oxygen atoms in total. The van der Waals surface area contributed by atoms with Crippen molar-refractivity contribution >= 4 is 12.3 Å². The summed E-state index contributed by atoms with van der Waals surface area (Å²) in [6, 6.07) is 4.04. The van der Waals surface area contributed by atoms with Crippen LogP contribution >= 0.6 is 0 Å². The molecule has 0 spiro atoms. The molecule has 1 heterocycles. The van der Waals surface area contributed by atoms with E-state index in [1.165, 1.54) is 0 Å². The minimum Gasteiger partial charge on any atom is -0.272 e. The van der Waals surface area contributed by atoms with Crippen LogP contribution < -0.4 is 0 Å². The monoisotopic (exact) mass is 186 g/mol. The van der Waals surface area contributed by atoms with Crippen LogP contribution in [0, 0.1) is 6.92 Å². The Balaban J connectivity index is 2.96. The second kappa shape index (κ2) is 5.12. The van der Waals surface area contributed by atoms with Crippen LogP contribution in [0.25, 0.3) is 5.57 Å². The van der Waals surface area contributed by atoms with Gasteiger partial charge in [-0.2, -0.15) is 0 Å². The van der Waals surface area contributed by atoms with E-state index in [0.29, 0.717) is 0 Å². The number of hydrogen-bond acceptors (Lipinski definition) is 2. The first-order chi connectivity index (χ1) is 6.77. The maximum Gasteiger partial charge on any atom is 0.0373 e. The second-order valence-corrected chi connectivity index (χ2v) is 2.93. The molecule has 0 radical (unpaired) electrons. The predicted molar refractivity (Wildman–Crippen MR) is 61.3 cm³/mol. The van der Waals surface area contributed by atoms with Crippen LogP contribution in [0.15, 0.2) is 41.7 Å². The van der Waals surface area contributed by atoms with Crippen LogP contribution in [0.1, 0.15) is 18.2 Å². The van der Waals surface area contributed by atoms with E-state index >= 15 is 0 Å². The first kappa shape index (κ1) is 10.4. The Morgan fingerprint density at radius 1 is 1.50 bits per heavy atom. The maximum absolute atomic E-state index is 4.24. The predicted octanol–water partition coefficient (Wildman–Crippen LogP) is 3.01. The highest BCUT2D eigenvalue weighted by Crippen LogP contribution is 2.14. The van der Waals surface area contributed by atoms with Crippen LogP contribution in [0.4, 0.5) is 0 Å². The van der Waals surface area contributed by atoms with Gasteiger partial charge in [-0.15, -0.1) is 0 Å². The minimum absolute atomic E-state index is 1.02. The zero-order valence-electron chi connectivity index (χ0n) is 8.57. The molecule has 0 unspecified atom stereocenters. The molecule has 1 aromatic rings. The van der Waals surface area contributed by atoms with Crippen molar-refractivity contribution in [2.24, 2.45) is 4.99 Å². The van der Waals surface area contributed by atoms with Gasteiger partial charge in [0.05, 0.1) is 0 Å². The van der Waals surface area contributed by atoms with Gasteiger partial charge in [-0.1, -0.05) is 12.1 Å². The summed E-state index contributed by atoms with van der Waals surface area (Å²) in [5.41, 5.74) is 3.22. The van der Waals surface area contributed by atoms with Crippen LogP contribution in [0.3, 0.4) is 0 Å². The Bertz CT molecular complexity index is 358. The normalized spacial score (nSPS) is 12.0. The third-order valence-electron chi connectivity index (χ3n) is 1.92. The average molecular weight is 186 g/mol. The van der Waals surface area contributed by atoms with Gasteiger partial charge in [0.15, 0.2) is 0 Å². The van der Waals surface area contributed by atoms with Crippen molar-refractivity contribution in [3.8, 4) is 0 Å². The van der Waals surface area contributed by atoms with E-state index in [9.17, 15) is 0 Å². The van der Waals surface area contributed by atoms with E-state index in [1.807, 2.05) is 44.3 Å². The number of aliphatic imine (C=N–C) groups is 1. The van der Waals surface area contributed by atoms with Gasteiger partial charge < -0.3 is 0 Å². The molecule has 0 saturated heterocycles. The van der Waals surface area contributed by atoms with E-state index in [0.717, 1.165) is 16.8 Å². The number of aryl methyl sites for hydroxylation is 1. The Kier molecular flexibility index (Phi) is 3.80.